The minimum Gasteiger partial charge on any atom is -0.396 e. The maximum absolute atomic E-state index is 10.8. The SMILES string of the molecule is O=C1OC(=O)c2ccccc21.OCCCO. The zero-order chi connectivity index (χ0) is 12.0. The molecule has 0 radical (unpaired) electrons. The highest BCUT2D eigenvalue weighted by molar-refractivity contribution is 6.14. The van der Waals surface area contributed by atoms with Gasteiger partial charge in [-0.1, -0.05) is 12.1 Å². The fourth-order valence-electron chi connectivity index (χ4n) is 1.10. The number of fused-ring (bicyclic) bond motifs is 1. The largest absolute Gasteiger partial charge is 0.396 e. The zero-order valence-corrected chi connectivity index (χ0v) is 8.55. The van der Waals surface area contributed by atoms with Gasteiger partial charge in [0.2, 0.25) is 0 Å². The molecule has 1 aliphatic rings. The summed E-state index contributed by atoms with van der Waals surface area (Å²) in [5.74, 6) is -1.10. The summed E-state index contributed by atoms with van der Waals surface area (Å²) < 4.78 is 4.35. The fraction of sp³-hybridized carbons (Fsp3) is 0.273. The molecule has 0 bridgehead atoms. The van der Waals surface area contributed by atoms with Crippen LogP contribution in [0, 0.1) is 0 Å². The lowest BCUT2D eigenvalue weighted by Crippen LogP contribution is -1.96. The van der Waals surface area contributed by atoms with Crippen molar-refractivity contribution in [2.45, 2.75) is 6.42 Å². The lowest BCUT2D eigenvalue weighted by Gasteiger charge is -1.86. The minimum atomic E-state index is -0.550. The summed E-state index contributed by atoms with van der Waals surface area (Å²) >= 11 is 0. The average molecular weight is 224 g/mol. The third kappa shape index (κ3) is 2.88. The monoisotopic (exact) mass is 224 g/mol. The van der Waals surface area contributed by atoms with Gasteiger partial charge < -0.3 is 14.9 Å². The molecule has 1 aromatic carbocycles. The first kappa shape index (κ1) is 12.4. The van der Waals surface area contributed by atoms with E-state index in [9.17, 15) is 9.59 Å². The summed E-state index contributed by atoms with van der Waals surface area (Å²) in [4.78, 5) is 21.7. The Morgan fingerprint density at radius 3 is 1.69 bits per heavy atom. The Labute approximate surface area is 92.3 Å². The van der Waals surface area contributed by atoms with Crippen LogP contribution < -0.4 is 0 Å². The number of carbonyl (C=O) groups is 2. The highest BCUT2D eigenvalue weighted by atomic mass is 16.6. The molecule has 0 saturated carbocycles. The van der Waals surface area contributed by atoms with Crippen LogP contribution in [-0.4, -0.2) is 35.4 Å². The van der Waals surface area contributed by atoms with Gasteiger partial charge in [0.15, 0.2) is 0 Å². The van der Waals surface area contributed by atoms with Crippen molar-refractivity contribution in [1.29, 1.82) is 0 Å². The molecule has 0 saturated heterocycles. The van der Waals surface area contributed by atoms with E-state index in [4.69, 9.17) is 10.2 Å². The topological polar surface area (TPSA) is 83.8 Å². The number of aliphatic hydroxyl groups is 2. The van der Waals surface area contributed by atoms with Crippen molar-refractivity contribution in [3.05, 3.63) is 35.4 Å². The summed E-state index contributed by atoms with van der Waals surface area (Å²) in [6.45, 7) is 0.188. The molecule has 5 heteroatoms. The molecule has 5 nitrogen and oxygen atoms in total. The number of hydrogen-bond donors (Lipinski definition) is 2. The molecule has 2 N–H and O–H groups in total. The highest BCUT2D eigenvalue weighted by Crippen LogP contribution is 2.18. The Bertz CT molecular complexity index is 351. The third-order valence-corrected chi connectivity index (χ3v) is 1.87. The smallest absolute Gasteiger partial charge is 0.346 e. The van der Waals surface area contributed by atoms with Gasteiger partial charge in [-0.25, -0.2) is 9.59 Å². The minimum absolute atomic E-state index is 0.0938. The van der Waals surface area contributed by atoms with Crippen molar-refractivity contribution in [3.63, 3.8) is 0 Å². The number of hydrogen-bond acceptors (Lipinski definition) is 5. The number of aliphatic hydroxyl groups excluding tert-OH is 2. The number of ether oxygens (including phenoxy) is 1. The van der Waals surface area contributed by atoms with Crippen LogP contribution in [0.1, 0.15) is 27.1 Å². The summed E-state index contributed by atoms with van der Waals surface area (Å²) in [5.41, 5.74) is 0.718. The molecule has 16 heavy (non-hydrogen) atoms. The van der Waals surface area contributed by atoms with E-state index in [1.807, 2.05) is 0 Å². The predicted octanol–water partition coefficient (Wildman–Crippen LogP) is 0.358. The third-order valence-electron chi connectivity index (χ3n) is 1.87. The molecule has 0 amide bonds. The van der Waals surface area contributed by atoms with Gasteiger partial charge in [0.05, 0.1) is 11.1 Å². The molecule has 0 atom stereocenters. The van der Waals surface area contributed by atoms with Gasteiger partial charge in [-0.05, 0) is 18.6 Å². The quantitative estimate of drug-likeness (QED) is 0.559. The standard InChI is InChI=1S/C8H4O3.C3H8O2/c9-7-5-3-1-2-4-6(5)8(10)11-7;4-2-1-3-5/h1-4H;4-5H,1-3H2. The molecule has 0 unspecified atom stereocenters. The fourth-order valence-corrected chi connectivity index (χ4v) is 1.10. The van der Waals surface area contributed by atoms with Gasteiger partial charge in [-0.3, -0.25) is 0 Å². The first-order chi connectivity index (χ1) is 7.70. The Morgan fingerprint density at radius 1 is 0.938 bits per heavy atom. The Balaban J connectivity index is 0.000000221. The van der Waals surface area contributed by atoms with E-state index >= 15 is 0 Å². The molecule has 2 rings (SSSR count). The van der Waals surface area contributed by atoms with Crippen LogP contribution in [0.15, 0.2) is 24.3 Å². The van der Waals surface area contributed by atoms with Gasteiger partial charge in [-0.15, -0.1) is 0 Å². The number of benzene rings is 1. The Hall–Kier alpha value is -1.72. The van der Waals surface area contributed by atoms with Crippen molar-refractivity contribution in [1.82, 2.24) is 0 Å². The van der Waals surface area contributed by atoms with Crippen molar-refractivity contribution in [2.24, 2.45) is 0 Å². The second-order valence-corrected chi connectivity index (χ2v) is 3.02. The van der Waals surface area contributed by atoms with Crippen LogP contribution in [-0.2, 0) is 4.74 Å². The van der Waals surface area contributed by atoms with E-state index in [0.717, 1.165) is 0 Å². The van der Waals surface area contributed by atoms with Crippen molar-refractivity contribution < 1.29 is 24.5 Å². The molecule has 0 fully saturated rings. The maximum Gasteiger partial charge on any atom is 0.346 e. The van der Waals surface area contributed by atoms with Crippen LogP contribution in [0.25, 0.3) is 0 Å². The lowest BCUT2D eigenvalue weighted by molar-refractivity contribution is 0.0444. The Morgan fingerprint density at radius 2 is 1.38 bits per heavy atom. The maximum atomic E-state index is 10.8. The molecule has 1 heterocycles. The van der Waals surface area contributed by atoms with Crippen molar-refractivity contribution in [2.75, 3.05) is 13.2 Å². The van der Waals surface area contributed by atoms with E-state index in [0.29, 0.717) is 17.5 Å². The highest BCUT2D eigenvalue weighted by Gasteiger charge is 2.28. The summed E-state index contributed by atoms with van der Waals surface area (Å²) in [7, 11) is 0. The normalized spacial score (nSPS) is 12.6. The van der Waals surface area contributed by atoms with Gasteiger partial charge in [0.1, 0.15) is 0 Å². The number of cyclic esters (lactones) is 2. The van der Waals surface area contributed by atoms with E-state index in [-0.39, 0.29) is 13.2 Å². The second-order valence-electron chi connectivity index (χ2n) is 3.02. The molecular weight excluding hydrogens is 212 g/mol. The van der Waals surface area contributed by atoms with Crippen LogP contribution in [0.5, 0.6) is 0 Å². The van der Waals surface area contributed by atoms with Crippen LogP contribution in [0.4, 0.5) is 0 Å². The molecule has 0 spiro atoms. The zero-order valence-electron chi connectivity index (χ0n) is 8.55. The van der Waals surface area contributed by atoms with E-state index in [2.05, 4.69) is 4.74 Å². The van der Waals surface area contributed by atoms with Crippen LogP contribution >= 0.6 is 0 Å². The first-order valence-electron chi connectivity index (χ1n) is 4.78. The average Bonchev–Trinajstić information content (AvgIpc) is 2.58. The predicted molar refractivity (Wildman–Crippen MR) is 55.0 cm³/mol. The second kappa shape index (κ2) is 5.99. The number of carbonyl (C=O) groups excluding carboxylic acids is 2. The molecule has 1 aliphatic heterocycles. The van der Waals surface area contributed by atoms with Crippen LogP contribution in [0.2, 0.25) is 0 Å². The summed E-state index contributed by atoms with van der Waals surface area (Å²) in [6.07, 6.45) is 0.500. The van der Waals surface area contributed by atoms with E-state index in [1.54, 1.807) is 24.3 Å². The van der Waals surface area contributed by atoms with Gasteiger partial charge in [0, 0.05) is 13.2 Å². The van der Waals surface area contributed by atoms with Crippen molar-refractivity contribution in [3.8, 4) is 0 Å². The van der Waals surface area contributed by atoms with Crippen LogP contribution in [0.3, 0.4) is 0 Å². The van der Waals surface area contributed by atoms with E-state index < -0.39 is 11.9 Å². The van der Waals surface area contributed by atoms with Gasteiger partial charge >= 0.3 is 11.9 Å². The molecular formula is C11H12O5. The molecule has 0 aliphatic carbocycles. The Kier molecular flexibility index (Phi) is 4.63. The lowest BCUT2D eigenvalue weighted by atomic mass is 10.1. The summed E-state index contributed by atoms with van der Waals surface area (Å²) in [5, 5.41) is 15.8. The molecule has 86 valence electrons. The van der Waals surface area contributed by atoms with E-state index in [1.165, 1.54) is 0 Å². The number of esters is 2. The van der Waals surface area contributed by atoms with Gasteiger partial charge in [0.25, 0.3) is 0 Å². The molecule has 1 aromatic rings. The summed E-state index contributed by atoms with van der Waals surface area (Å²) in [6, 6.07) is 6.53. The van der Waals surface area contributed by atoms with Gasteiger partial charge in [-0.2, -0.15) is 0 Å². The first-order valence-corrected chi connectivity index (χ1v) is 4.78. The number of rotatable bonds is 2. The van der Waals surface area contributed by atoms with Crippen molar-refractivity contribution >= 4 is 11.9 Å². The molecule has 0 aromatic heterocycles.